The molecule has 1 fully saturated rings. The minimum Gasteiger partial charge on any atom is -0.381 e. The quantitative estimate of drug-likeness (QED) is 0.828. The van der Waals surface area contributed by atoms with E-state index in [0.717, 1.165) is 26.1 Å². The molecular weight excluding hydrogens is 266 g/mol. The van der Waals surface area contributed by atoms with Crippen LogP contribution in [0.5, 0.6) is 0 Å². The van der Waals surface area contributed by atoms with E-state index in [1.54, 1.807) is 0 Å². The van der Waals surface area contributed by atoms with Crippen molar-refractivity contribution in [1.82, 2.24) is 9.78 Å². The number of rotatable bonds is 5. The Morgan fingerprint density at radius 2 is 2.53 bits per heavy atom. The van der Waals surface area contributed by atoms with Gasteiger partial charge < -0.3 is 10.1 Å². The maximum atomic E-state index is 12.0. The van der Waals surface area contributed by atoms with Crippen molar-refractivity contribution in [2.24, 2.45) is 5.92 Å². The molecule has 19 heavy (non-hydrogen) atoms. The van der Waals surface area contributed by atoms with Crippen LogP contribution in [0.1, 0.15) is 12.8 Å². The van der Waals surface area contributed by atoms with Crippen molar-refractivity contribution in [3.05, 3.63) is 21.6 Å². The number of nitrogens with zero attached hydrogens (tertiary/aromatic N) is 2. The van der Waals surface area contributed by atoms with Gasteiger partial charge in [-0.1, -0.05) is 17.5 Å². The molecule has 1 aliphatic rings. The zero-order valence-corrected chi connectivity index (χ0v) is 11.3. The summed E-state index contributed by atoms with van der Waals surface area (Å²) >= 11 is 5.98. The number of halogens is 1. The lowest BCUT2D eigenvalue weighted by atomic mass is 10.1. The third-order valence-corrected chi connectivity index (χ3v) is 3.40. The summed E-state index contributed by atoms with van der Waals surface area (Å²) in [6.45, 7) is 2.45. The number of aromatic nitrogens is 2. The highest BCUT2D eigenvalue weighted by molar-refractivity contribution is 6.32. The van der Waals surface area contributed by atoms with Gasteiger partial charge in [-0.15, -0.1) is 6.42 Å². The average molecular weight is 282 g/mol. The molecule has 0 saturated carbocycles. The van der Waals surface area contributed by atoms with Gasteiger partial charge in [0.1, 0.15) is 12.2 Å². The first kappa shape index (κ1) is 13.9. The van der Waals surface area contributed by atoms with Crippen molar-refractivity contribution in [1.29, 1.82) is 0 Å². The molecule has 102 valence electrons. The Kier molecular flexibility index (Phi) is 4.83. The fourth-order valence-corrected chi connectivity index (χ4v) is 2.23. The van der Waals surface area contributed by atoms with Crippen LogP contribution >= 0.6 is 11.6 Å². The number of ether oxygens (including phenoxy) is 1. The summed E-state index contributed by atoms with van der Waals surface area (Å²) in [5.74, 6) is 2.94. The number of anilines is 1. The minimum absolute atomic E-state index is 0.140. The lowest BCUT2D eigenvalue weighted by molar-refractivity contribution is 0.185. The Balaban J connectivity index is 2.00. The van der Waals surface area contributed by atoms with E-state index in [9.17, 15) is 4.79 Å². The van der Waals surface area contributed by atoms with E-state index in [-0.39, 0.29) is 12.1 Å². The normalized spacial score (nSPS) is 18.2. The van der Waals surface area contributed by atoms with Gasteiger partial charge in [0, 0.05) is 19.8 Å². The van der Waals surface area contributed by atoms with Gasteiger partial charge in [0.25, 0.3) is 5.56 Å². The molecule has 1 saturated heterocycles. The van der Waals surface area contributed by atoms with Crippen molar-refractivity contribution in [2.45, 2.75) is 19.4 Å². The zero-order chi connectivity index (χ0) is 13.7. The number of hydrogen-bond donors (Lipinski definition) is 1. The molecule has 1 atom stereocenters. The Hall–Kier alpha value is -1.51. The summed E-state index contributed by atoms with van der Waals surface area (Å²) in [5, 5.41) is 7.28. The molecule has 1 aromatic rings. The molecule has 0 amide bonds. The van der Waals surface area contributed by atoms with Crippen LogP contribution in [-0.2, 0) is 11.3 Å². The maximum absolute atomic E-state index is 12.0. The van der Waals surface area contributed by atoms with Crippen molar-refractivity contribution in [2.75, 3.05) is 25.1 Å². The zero-order valence-electron chi connectivity index (χ0n) is 10.6. The van der Waals surface area contributed by atoms with Crippen LogP contribution in [0.3, 0.4) is 0 Å². The van der Waals surface area contributed by atoms with Crippen molar-refractivity contribution < 1.29 is 4.74 Å². The van der Waals surface area contributed by atoms with Gasteiger partial charge in [-0.2, -0.15) is 5.10 Å². The average Bonchev–Trinajstić information content (AvgIpc) is 2.90. The molecule has 5 nitrogen and oxygen atoms in total. The smallest absolute Gasteiger partial charge is 0.292 e. The molecule has 0 radical (unpaired) electrons. The monoisotopic (exact) mass is 281 g/mol. The number of terminal acetylenes is 1. The Labute approximate surface area is 116 Å². The number of hydrogen-bond acceptors (Lipinski definition) is 4. The fraction of sp³-hybridized carbons (Fsp3) is 0.538. The molecule has 6 heteroatoms. The molecule has 1 unspecified atom stereocenters. The van der Waals surface area contributed by atoms with Crippen molar-refractivity contribution in [3.8, 4) is 12.3 Å². The highest BCUT2D eigenvalue weighted by atomic mass is 35.5. The van der Waals surface area contributed by atoms with Crippen LogP contribution in [0.15, 0.2) is 11.0 Å². The van der Waals surface area contributed by atoms with Gasteiger partial charge in [0.2, 0.25) is 0 Å². The summed E-state index contributed by atoms with van der Waals surface area (Å²) in [7, 11) is 0. The first-order chi connectivity index (χ1) is 9.22. The van der Waals surface area contributed by atoms with E-state index in [0.29, 0.717) is 23.2 Å². The number of nitrogens with one attached hydrogen (secondary N) is 1. The lowest BCUT2D eigenvalue weighted by Gasteiger charge is -2.11. The minimum atomic E-state index is -0.284. The van der Waals surface area contributed by atoms with Crippen LogP contribution < -0.4 is 10.9 Å². The first-order valence-electron chi connectivity index (χ1n) is 6.23. The van der Waals surface area contributed by atoms with Gasteiger partial charge in [-0.25, -0.2) is 4.68 Å². The van der Waals surface area contributed by atoms with Crippen molar-refractivity contribution >= 4 is 17.3 Å². The van der Waals surface area contributed by atoms with Gasteiger partial charge >= 0.3 is 0 Å². The molecule has 0 spiro atoms. The van der Waals surface area contributed by atoms with E-state index < -0.39 is 0 Å². The molecule has 1 N–H and O–H groups in total. The molecule has 0 bridgehead atoms. The molecule has 0 aliphatic carbocycles. The Bertz CT molecular complexity index is 530. The predicted octanol–water partition coefficient (Wildman–Crippen LogP) is 1.37. The largest absolute Gasteiger partial charge is 0.381 e. The first-order valence-corrected chi connectivity index (χ1v) is 6.61. The van der Waals surface area contributed by atoms with E-state index in [1.807, 2.05) is 0 Å². The summed E-state index contributed by atoms with van der Waals surface area (Å²) in [6.07, 6.45) is 8.64. The van der Waals surface area contributed by atoms with Gasteiger partial charge in [-0.05, 0) is 18.8 Å². The van der Waals surface area contributed by atoms with Crippen LogP contribution in [0, 0.1) is 18.3 Å². The SMILES string of the molecule is C#CCn1ncc(Cl)c(NCCC2CCOC2)c1=O. The van der Waals surface area contributed by atoms with Crippen LogP contribution in [0.25, 0.3) is 0 Å². The van der Waals surface area contributed by atoms with E-state index in [4.69, 9.17) is 22.8 Å². The lowest BCUT2D eigenvalue weighted by Crippen LogP contribution is -2.26. The summed E-state index contributed by atoms with van der Waals surface area (Å²) in [5.41, 5.74) is 0.0824. The molecular formula is C13H16ClN3O2. The van der Waals surface area contributed by atoms with E-state index in [2.05, 4.69) is 16.3 Å². The van der Waals surface area contributed by atoms with Gasteiger partial charge in [0.05, 0.1) is 11.2 Å². The van der Waals surface area contributed by atoms with Gasteiger partial charge in [-0.3, -0.25) is 4.79 Å². The molecule has 2 heterocycles. The molecule has 0 aromatic carbocycles. The second kappa shape index (κ2) is 6.60. The van der Waals surface area contributed by atoms with E-state index >= 15 is 0 Å². The van der Waals surface area contributed by atoms with Crippen LogP contribution in [-0.4, -0.2) is 29.5 Å². The van der Waals surface area contributed by atoms with Crippen molar-refractivity contribution in [3.63, 3.8) is 0 Å². The molecule has 1 aromatic heterocycles. The van der Waals surface area contributed by atoms with Gasteiger partial charge in [0.15, 0.2) is 0 Å². The second-order valence-corrected chi connectivity index (χ2v) is 4.89. The summed E-state index contributed by atoms with van der Waals surface area (Å²) in [6, 6.07) is 0. The maximum Gasteiger partial charge on any atom is 0.292 e. The molecule has 2 rings (SSSR count). The summed E-state index contributed by atoms with van der Waals surface area (Å²) in [4.78, 5) is 12.0. The highest BCUT2D eigenvalue weighted by Crippen LogP contribution is 2.18. The standard InChI is InChI=1S/C13H16ClN3O2/c1-2-6-17-13(18)12(11(14)8-16-17)15-5-3-10-4-7-19-9-10/h1,8,10,15H,3-7,9H2. The van der Waals surface area contributed by atoms with E-state index in [1.165, 1.54) is 10.9 Å². The highest BCUT2D eigenvalue weighted by Gasteiger charge is 2.16. The second-order valence-electron chi connectivity index (χ2n) is 4.48. The molecule has 1 aliphatic heterocycles. The Morgan fingerprint density at radius 3 is 3.21 bits per heavy atom. The Morgan fingerprint density at radius 1 is 1.68 bits per heavy atom. The van der Waals surface area contributed by atoms with Crippen LogP contribution in [0.2, 0.25) is 5.02 Å². The third kappa shape index (κ3) is 3.49. The summed E-state index contributed by atoms with van der Waals surface area (Å²) < 4.78 is 6.52. The van der Waals surface area contributed by atoms with Crippen LogP contribution in [0.4, 0.5) is 5.69 Å². The predicted molar refractivity (Wildman–Crippen MR) is 74.4 cm³/mol. The fourth-order valence-electron chi connectivity index (χ4n) is 2.04. The third-order valence-electron chi connectivity index (χ3n) is 3.12. The topological polar surface area (TPSA) is 56.1 Å².